The van der Waals surface area contributed by atoms with Gasteiger partial charge in [-0.2, -0.15) is 0 Å². The zero-order valence-electron chi connectivity index (χ0n) is 12.9. The highest BCUT2D eigenvalue weighted by atomic mass is 32.2. The van der Waals surface area contributed by atoms with Crippen LogP contribution in [0.25, 0.3) is 0 Å². The van der Waals surface area contributed by atoms with Gasteiger partial charge in [0.2, 0.25) is 5.91 Å². The van der Waals surface area contributed by atoms with Crippen LogP contribution in [0.4, 0.5) is 0 Å². The number of benzene rings is 1. The summed E-state index contributed by atoms with van der Waals surface area (Å²) in [5, 5.41) is 3.01. The molecule has 0 saturated carbocycles. The van der Waals surface area contributed by atoms with Crippen molar-refractivity contribution in [2.24, 2.45) is 0 Å². The molecule has 4 heteroatoms. The first-order chi connectivity index (χ1) is 10.3. The number of likely N-dealkylation sites (tertiary alicyclic amines) is 1. The van der Waals surface area contributed by atoms with Gasteiger partial charge in [-0.25, -0.2) is 0 Å². The maximum absolute atomic E-state index is 12.0. The number of carbonyl (C=O) groups excluding carboxylic acids is 1. The van der Waals surface area contributed by atoms with Gasteiger partial charge in [0, 0.05) is 11.4 Å². The average molecular weight is 306 g/mol. The number of thioether (sulfide) groups is 1. The number of rotatable bonds is 8. The lowest BCUT2D eigenvalue weighted by atomic mass is 10.3. The molecule has 0 spiro atoms. The first kappa shape index (κ1) is 16.4. The van der Waals surface area contributed by atoms with Crippen LogP contribution in [0.5, 0.6) is 0 Å². The van der Waals surface area contributed by atoms with Gasteiger partial charge in [-0.3, -0.25) is 4.79 Å². The van der Waals surface area contributed by atoms with E-state index >= 15 is 0 Å². The third kappa shape index (κ3) is 6.10. The Bertz CT molecular complexity index is 418. The zero-order valence-corrected chi connectivity index (χ0v) is 13.7. The van der Waals surface area contributed by atoms with Crippen LogP contribution in [-0.2, 0) is 4.79 Å². The Morgan fingerprint density at radius 3 is 2.67 bits per heavy atom. The fraction of sp³-hybridized carbons (Fsp3) is 0.588. The Morgan fingerprint density at radius 1 is 1.24 bits per heavy atom. The zero-order chi connectivity index (χ0) is 14.9. The molecule has 1 amide bonds. The Hall–Kier alpha value is -1.00. The fourth-order valence-corrected chi connectivity index (χ4v) is 3.49. The minimum atomic E-state index is -0.0361. The van der Waals surface area contributed by atoms with E-state index in [1.807, 2.05) is 37.3 Å². The molecule has 0 aromatic heterocycles. The summed E-state index contributed by atoms with van der Waals surface area (Å²) in [7, 11) is 0. The molecule has 116 valence electrons. The number of unbranched alkanes of at least 4 members (excludes halogenated alkanes) is 1. The lowest BCUT2D eigenvalue weighted by molar-refractivity contribution is -0.120. The number of hydrogen-bond acceptors (Lipinski definition) is 3. The second-order valence-corrected chi connectivity index (χ2v) is 7.03. The van der Waals surface area contributed by atoms with E-state index in [4.69, 9.17) is 0 Å². The second-order valence-electron chi connectivity index (χ2n) is 5.62. The number of carbonyl (C=O) groups is 1. The van der Waals surface area contributed by atoms with Crippen molar-refractivity contribution in [3.8, 4) is 0 Å². The molecule has 1 heterocycles. The lowest BCUT2D eigenvalue weighted by Crippen LogP contribution is -2.32. The Balaban J connectivity index is 1.56. The highest BCUT2D eigenvalue weighted by Crippen LogP contribution is 2.22. The summed E-state index contributed by atoms with van der Waals surface area (Å²) in [6.07, 6.45) is 4.96. The van der Waals surface area contributed by atoms with E-state index in [1.54, 1.807) is 11.8 Å². The quantitative estimate of drug-likeness (QED) is 0.591. The molecule has 1 aromatic carbocycles. The van der Waals surface area contributed by atoms with Crippen LogP contribution in [0.3, 0.4) is 0 Å². The maximum atomic E-state index is 12.0. The van der Waals surface area contributed by atoms with Crippen molar-refractivity contribution in [2.45, 2.75) is 42.8 Å². The highest BCUT2D eigenvalue weighted by molar-refractivity contribution is 8.00. The summed E-state index contributed by atoms with van der Waals surface area (Å²) in [4.78, 5) is 15.7. The van der Waals surface area contributed by atoms with E-state index in [2.05, 4.69) is 10.2 Å². The molecule has 1 unspecified atom stereocenters. The predicted molar refractivity (Wildman–Crippen MR) is 89.7 cm³/mol. The van der Waals surface area contributed by atoms with E-state index < -0.39 is 0 Å². The van der Waals surface area contributed by atoms with Crippen molar-refractivity contribution in [3.05, 3.63) is 30.3 Å². The van der Waals surface area contributed by atoms with E-state index in [9.17, 15) is 4.79 Å². The van der Waals surface area contributed by atoms with Gasteiger partial charge in [0.15, 0.2) is 0 Å². The van der Waals surface area contributed by atoms with Crippen LogP contribution in [0.15, 0.2) is 35.2 Å². The van der Waals surface area contributed by atoms with Gasteiger partial charge in [-0.05, 0) is 64.4 Å². The van der Waals surface area contributed by atoms with Crippen molar-refractivity contribution < 1.29 is 4.79 Å². The molecule has 0 bridgehead atoms. The van der Waals surface area contributed by atoms with Gasteiger partial charge in [-0.15, -0.1) is 11.8 Å². The van der Waals surface area contributed by atoms with Crippen LogP contribution in [0.1, 0.15) is 32.6 Å². The molecule has 1 saturated heterocycles. The molecule has 1 N–H and O–H groups in total. The Labute approximate surface area is 132 Å². The number of nitrogens with one attached hydrogen (secondary N) is 1. The van der Waals surface area contributed by atoms with Crippen LogP contribution < -0.4 is 5.32 Å². The van der Waals surface area contributed by atoms with Crippen LogP contribution in [-0.4, -0.2) is 42.2 Å². The van der Waals surface area contributed by atoms with Gasteiger partial charge in [0.05, 0.1) is 5.25 Å². The van der Waals surface area contributed by atoms with E-state index in [1.165, 1.54) is 38.9 Å². The second kappa shape index (κ2) is 9.11. The molecule has 1 aliphatic rings. The molecule has 1 aromatic rings. The minimum Gasteiger partial charge on any atom is -0.355 e. The number of amides is 1. The number of nitrogens with zero attached hydrogens (tertiary/aromatic N) is 1. The van der Waals surface area contributed by atoms with Gasteiger partial charge >= 0.3 is 0 Å². The summed E-state index contributed by atoms with van der Waals surface area (Å²) in [6, 6.07) is 10.1. The molecule has 1 fully saturated rings. The largest absolute Gasteiger partial charge is 0.355 e. The molecule has 1 atom stereocenters. The molecule has 21 heavy (non-hydrogen) atoms. The van der Waals surface area contributed by atoms with Gasteiger partial charge < -0.3 is 10.2 Å². The number of hydrogen-bond donors (Lipinski definition) is 1. The van der Waals surface area contributed by atoms with Gasteiger partial charge in [0.1, 0.15) is 0 Å². The van der Waals surface area contributed by atoms with Gasteiger partial charge in [0.25, 0.3) is 0 Å². The normalized spacial score (nSPS) is 16.8. The predicted octanol–water partition coefficient (Wildman–Crippen LogP) is 3.16. The van der Waals surface area contributed by atoms with E-state index in [0.29, 0.717) is 0 Å². The molecule has 0 aliphatic carbocycles. The molecular weight excluding hydrogens is 280 g/mol. The smallest absolute Gasteiger partial charge is 0.233 e. The van der Waals surface area contributed by atoms with Crippen molar-refractivity contribution in [2.75, 3.05) is 26.2 Å². The molecular formula is C17H26N2OS. The third-order valence-electron chi connectivity index (χ3n) is 3.82. The molecule has 1 aliphatic heterocycles. The van der Waals surface area contributed by atoms with E-state index in [-0.39, 0.29) is 11.2 Å². The molecule has 3 nitrogen and oxygen atoms in total. The summed E-state index contributed by atoms with van der Waals surface area (Å²) < 4.78 is 0. The minimum absolute atomic E-state index is 0.0361. The van der Waals surface area contributed by atoms with Gasteiger partial charge in [-0.1, -0.05) is 18.2 Å². The average Bonchev–Trinajstić information content (AvgIpc) is 3.01. The summed E-state index contributed by atoms with van der Waals surface area (Å²) in [5.41, 5.74) is 0. The first-order valence-electron chi connectivity index (χ1n) is 7.97. The van der Waals surface area contributed by atoms with Crippen LogP contribution in [0.2, 0.25) is 0 Å². The fourth-order valence-electron chi connectivity index (χ4n) is 2.58. The van der Waals surface area contributed by atoms with Crippen molar-refractivity contribution >= 4 is 17.7 Å². The Kier molecular flexibility index (Phi) is 7.10. The standard InChI is InChI=1S/C17H26N2OS/c1-15(21-16-9-3-2-4-10-16)17(20)18-11-5-6-12-19-13-7-8-14-19/h2-4,9-10,15H,5-8,11-14H2,1H3,(H,18,20). The van der Waals surface area contributed by atoms with Crippen molar-refractivity contribution in [1.82, 2.24) is 10.2 Å². The molecule has 0 radical (unpaired) electrons. The summed E-state index contributed by atoms with van der Waals surface area (Å²) >= 11 is 1.62. The monoisotopic (exact) mass is 306 g/mol. The molecule has 2 rings (SSSR count). The first-order valence-corrected chi connectivity index (χ1v) is 8.85. The van der Waals surface area contributed by atoms with Crippen molar-refractivity contribution in [1.29, 1.82) is 0 Å². The third-order valence-corrected chi connectivity index (χ3v) is 4.94. The SMILES string of the molecule is CC(Sc1ccccc1)C(=O)NCCCCN1CCCC1. The maximum Gasteiger partial charge on any atom is 0.233 e. The van der Waals surface area contributed by atoms with Crippen LogP contribution in [0, 0.1) is 0 Å². The lowest BCUT2D eigenvalue weighted by Gasteiger charge is -2.15. The van der Waals surface area contributed by atoms with Crippen molar-refractivity contribution in [3.63, 3.8) is 0 Å². The van der Waals surface area contributed by atoms with Crippen LogP contribution >= 0.6 is 11.8 Å². The topological polar surface area (TPSA) is 32.3 Å². The highest BCUT2D eigenvalue weighted by Gasteiger charge is 2.14. The summed E-state index contributed by atoms with van der Waals surface area (Å²) in [6.45, 7) is 6.47. The summed E-state index contributed by atoms with van der Waals surface area (Å²) in [5.74, 6) is 0.144. The Morgan fingerprint density at radius 2 is 1.95 bits per heavy atom. The van der Waals surface area contributed by atoms with E-state index in [0.717, 1.165) is 17.9 Å².